The van der Waals surface area contributed by atoms with Crippen molar-refractivity contribution in [2.24, 2.45) is 0 Å². The zero-order chi connectivity index (χ0) is 11.7. The van der Waals surface area contributed by atoms with Crippen LogP contribution in [0.1, 0.15) is 31.4 Å². The first-order valence-electron chi connectivity index (χ1n) is 6.00. The summed E-state index contributed by atoms with van der Waals surface area (Å²) in [6.45, 7) is 9.00. The molecule has 0 saturated heterocycles. The molecule has 0 heterocycles. The molecule has 1 aliphatic carbocycles. The second kappa shape index (κ2) is 4.42. The van der Waals surface area contributed by atoms with Gasteiger partial charge in [-0.3, -0.25) is 0 Å². The molecule has 0 fully saturated rings. The van der Waals surface area contributed by atoms with Gasteiger partial charge in [0.15, 0.2) is 0 Å². The van der Waals surface area contributed by atoms with Crippen molar-refractivity contribution >= 4 is 14.7 Å². The van der Waals surface area contributed by atoms with Crippen molar-refractivity contribution in [2.45, 2.75) is 34.1 Å². The van der Waals surface area contributed by atoms with Crippen molar-refractivity contribution in [3.05, 3.63) is 51.7 Å². The molecule has 1 aromatic carbocycles. The van der Waals surface area contributed by atoms with E-state index in [9.17, 15) is 0 Å². The lowest BCUT2D eigenvalue weighted by Gasteiger charge is -2.10. The largest absolute Gasteiger partial charge is 0.0835 e. The monoisotopic (exact) mass is 228 g/mol. The summed E-state index contributed by atoms with van der Waals surface area (Å²) in [5.74, 6) is 0. The average Bonchev–Trinajstić information content (AvgIpc) is 2.57. The lowest BCUT2D eigenvalue weighted by molar-refractivity contribution is 1.34. The van der Waals surface area contributed by atoms with Crippen LogP contribution in [0.25, 0.3) is 0 Å². The minimum atomic E-state index is -0.237. The van der Waals surface area contributed by atoms with Gasteiger partial charge in [-0.2, -0.15) is 0 Å². The van der Waals surface area contributed by atoms with Gasteiger partial charge in [-0.15, -0.1) is 0 Å². The van der Waals surface area contributed by atoms with Crippen LogP contribution in [-0.2, 0) is 0 Å². The fraction of sp³-hybridized carbons (Fsp3) is 0.333. The molecule has 0 aliphatic heterocycles. The van der Waals surface area contributed by atoms with E-state index in [0.29, 0.717) is 0 Å². The Balaban J connectivity index is 2.27. The van der Waals surface area contributed by atoms with E-state index < -0.39 is 0 Å². The highest BCUT2D eigenvalue weighted by Crippen LogP contribution is 2.24. The topological polar surface area (TPSA) is 0 Å². The van der Waals surface area contributed by atoms with Gasteiger partial charge >= 0.3 is 0 Å². The van der Waals surface area contributed by atoms with Crippen LogP contribution in [0.5, 0.6) is 0 Å². The predicted octanol–water partition coefficient (Wildman–Crippen LogP) is 2.72. The van der Waals surface area contributed by atoms with E-state index >= 15 is 0 Å². The predicted molar refractivity (Wildman–Crippen MR) is 75.2 cm³/mol. The maximum absolute atomic E-state index is 2.38. The second-order valence-electron chi connectivity index (χ2n) is 4.86. The highest BCUT2D eigenvalue weighted by molar-refractivity contribution is 6.62. The zero-order valence-electron chi connectivity index (χ0n) is 10.7. The van der Waals surface area contributed by atoms with Crippen LogP contribution >= 0.6 is 0 Å². The van der Waals surface area contributed by atoms with Gasteiger partial charge in [0.25, 0.3) is 0 Å². The number of hydrogen-bond acceptors (Lipinski definition) is 0. The summed E-state index contributed by atoms with van der Waals surface area (Å²) >= 11 is 0. The van der Waals surface area contributed by atoms with Gasteiger partial charge in [-0.25, -0.2) is 0 Å². The van der Waals surface area contributed by atoms with Crippen molar-refractivity contribution in [2.75, 3.05) is 0 Å². The van der Waals surface area contributed by atoms with E-state index in [-0.39, 0.29) is 9.52 Å². The second-order valence-corrected chi connectivity index (χ2v) is 6.82. The van der Waals surface area contributed by atoms with E-state index in [1.807, 2.05) is 0 Å². The van der Waals surface area contributed by atoms with Crippen molar-refractivity contribution in [3.63, 3.8) is 0 Å². The Morgan fingerprint density at radius 2 is 1.81 bits per heavy atom. The molecule has 1 aromatic rings. The smallest absolute Gasteiger partial charge is 0.0777 e. The quantitative estimate of drug-likeness (QED) is 0.683. The van der Waals surface area contributed by atoms with E-state index in [0.717, 1.165) is 0 Å². The van der Waals surface area contributed by atoms with Crippen LogP contribution in [0.3, 0.4) is 0 Å². The van der Waals surface area contributed by atoms with Crippen LogP contribution in [-0.4, -0.2) is 9.52 Å². The van der Waals surface area contributed by atoms with Crippen LogP contribution in [0.4, 0.5) is 0 Å². The molecule has 0 amide bonds. The Morgan fingerprint density at radius 1 is 1.06 bits per heavy atom. The zero-order valence-corrected chi connectivity index (χ0v) is 12.1. The van der Waals surface area contributed by atoms with E-state index in [2.05, 4.69) is 52.0 Å². The minimum absolute atomic E-state index is 0.237. The van der Waals surface area contributed by atoms with Gasteiger partial charge in [-0.1, -0.05) is 45.8 Å². The molecule has 0 spiro atoms. The molecule has 0 saturated carbocycles. The van der Waals surface area contributed by atoms with Gasteiger partial charge in [0.2, 0.25) is 0 Å². The fourth-order valence-corrected chi connectivity index (χ4v) is 4.39. The van der Waals surface area contributed by atoms with Gasteiger partial charge < -0.3 is 0 Å². The summed E-state index contributed by atoms with van der Waals surface area (Å²) in [6, 6.07) is 6.74. The fourth-order valence-electron chi connectivity index (χ4n) is 2.30. The number of allylic oxidation sites excluding steroid dienone is 4. The lowest BCUT2D eigenvalue weighted by atomic mass is 10.1. The number of rotatable bonds is 2. The van der Waals surface area contributed by atoms with Gasteiger partial charge in [0.1, 0.15) is 0 Å². The Kier molecular flexibility index (Phi) is 3.15. The van der Waals surface area contributed by atoms with E-state index in [1.54, 1.807) is 16.0 Å². The van der Waals surface area contributed by atoms with Crippen LogP contribution in [0, 0.1) is 13.8 Å². The Hall–Kier alpha value is -1.08. The summed E-state index contributed by atoms with van der Waals surface area (Å²) < 4.78 is 0. The van der Waals surface area contributed by atoms with E-state index in [4.69, 9.17) is 0 Å². The molecule has 84 valence electrons. The van der Waals surface area contributed by atoms with Crippen LogP contribution < -0.4 is 5.19 Å². The highest BCUT2D eigenvalue weighted by atomic mass is 28.2. The van der Waals surface area contributed by atoms with Crippen LogP contribution in [0.2, 0.25) is 0 Å². The Labute approximate surface area is 101 Å². The van der Waals surface area contributed by atoms with E-state index in [1.165, 1.54) is 23.1 Å². The highest BCUT2D eigenvalue weighted by Gasteiger charge is 2.12. The summed E-state index contributed by atoms with van der Waals surface area (Å²) in [7, 11) is -0.237. The molecule has 0 aromatic heterocycles. The first-order chi connectivity index (χ1) is 7.59. The Morgan fingerprint density at radius 3 is 2.44 bits per heavy atom. The van der Waals surface area contributed by atoms with Crippen molar-refractivity contribution in [3.8, 4) is 0 Å². The Bertz CT molecular complexity index is 478. The van der Waals surface area contributed by atoms with Gasteiger partial charge in [0.05, 0.1) is 9.52 Å². The maximum Gasteiger partial charge on any atom is 0.0835 e. The molecular formula is C15H20Si. The van der Waals surface area contributed by atoms with Gasteiger partial charge in [0, 0.05) is 0 Å². The molecule has 16 heavy (non-hydrogen) atoms. The molecule has 1 aliphatic rings. The third-order valence-electron chi connectivity index (χ3n) is 3.90. The first kappa shape index (κ1) is 11.4. The standard InChI is InChI=1S/C15H20Si/c1-10-6-5-7-14(12(10)3)16-15-9-8-11(2)13(15)4/h5-8H,9,16H2,1-4H3. The number of benzene rings is 1. The molecule has 0 unspecified atom stereocenters. The number of hydrogen-bond donors (Lipinski definition) is 0. The normalized spacial score (nSPS) is 16.4. The molecule has 1 heteroatoms. The third kappa shape index (κ3) is 2.05. The maximum atomic E-state index is 2.38. The first-order valence-corrected chi connectivity index (χ1v) is 7.42. The molecule has 0 radical (unpaired) electrons. The third-order valence-corrected chi connectivity index (χ3v) is 6.29. The summed E-state index contributed by atoms with van der Waals surface area (Å²) in [5.41, 5.74) is 6.00. The van der Waals surface area contributed by atoms with Crippen molar-refractivity contribution in [1.29, 1.82) is 0 Å². The summed E-state index contributed by atoms with van der Waals surface area (Å²) in [5, 5.41) is 3.35. The van der Waals surface area contributed by atoms with Crippen LogP contribution in [0.15, 0.2) is 40.6 Å². The molecule has 0 atom stereocenters. The lowest BCUT2D eigenvalue weighted by Crippen LogP contribution is -2.20. The molecule has 0 nitrogen and oxygen atoms in total. The molecule has 0 bridgehead atoms. The SMILES string of the molecule is CC1=CCC([SiH2]c2cccc(C)c2C)=C1C. The van der Waals surface area contributed by atoms with Crippen molar-refractivity contribution in [1.82, 2.24) is 0 Å². The molecular weight excluding hydrogens is 208 g/mol. The molecule has 2 rings (SSSR count). The van der Waals surface area contributed by atoms with Gasteiger partial charge in [-0.05, 0) is 45.2 Å². The molecule has 0 N–H and O–H groups in total. The number of aryl methyl sites for hydroxylation is 1. The minimum Gasteiger partial charge on any atom is -0.0777 e. The average molecular weight is 228 g/mol. The summed E-state index contributed by atoms with van der Waals surface area (Å²) in [4.78, 5) is 0. The summed E-state index contributed by atoms with van der Waals surface area (Å²) in [6.07, 6.45) is 3.58. The van der Waals surface area contributed by atoms with Crippen molar-refractivity contribution < 1.29 is 0 Å².